The van der Waals surface area contributed by atoms with Gasteiger partial charge in [0.15, 0.2) is 12.5 Å². The van der Waals surface area contributed by atoms with Crippen LogP contribution in [0.15, 0.2) is 54.6 Å². The van der Waals surface area contributed by atoms with Crippen LogP contribution in [0.3, 0.4) is 0 Å². The summed E-state index contributed by atoms with van der Waals surface area (Å²) < 4.78 is 10.4. The molecule has 0 aliphatic carbocycles. The molecule has 3 aromatic rings. The highest BCUT2D eigenvalue weighted by Gasteiger charge is 2.20. The first kappa shape index (κ1) is 17.9. The van der Waals surface area contributed by atoms with Crippen LogP contribution in [0.2, 0.25) is 0 Å². The molecule has 1 N–H and O–H groups in total. The fourth-order valence-electron chi connectivity index (χ4n) is 3.62. The van der Waals surface area contributed by atoms with Gasteiger partial charge in [-0.25, -0.2) is 0 Å². The zero-order chi connectivity index (χ0) is 18.6. The minimum absolute atomic E-state index is 0.657. The third-order valence-corrected chi connectivity index (χ3v) is 5.35. The van der Waals surface area contributed by atoms with Gasteiger partial charge in [0.25, 0.3) is 0 Å². The van der Waals surface area contributed by atoms with Crippen LogP contribution in [0.25, 0.3) is 17.1 Å². The Morgan fingerprint density at radius 1 is 1.04 bits per heavy atom. The standard InChI is InChI=1S/C21H24N4OS/c1-2-26-19-12-10-18(11-13-19)25-20(17-8-4-3-5-9-17)22-24(21(25)27)16-23-14-6-7-15-23/h3-5,8-13H,2,6-7,14-16H2,1H3/p+1. The van der Waals surface area contributed by atoms with Crippen molar-refractivity contribution in [1.29, 1.82) is 0 Å². The van der Waals surface area contributed by atoms with Gasteiger partial charge in [-0.2, -0.15) is 4.68 Å². The normalized spacial score (nSPS) is 14.6. The average Bonchev–Trinajstić information content (AvgIpc) is 3.32. The lowest BCUT2D eigenvalue weighted by Crippen LogP contribution is -3.09. The molecular weight excluding hydrogens is 356 g/mol. The van der Waals surface area contributed by atoms with Gasteiger partial charge in [0.05, 0.1) is 25.4 Å². The zero-order valence-corrected chi connectivity index (χ0v) is 16.4. The van der Waals surface area contributed by atoms with Gasteiger partial charge in [0.1, 0.15) is 5.75 Å². The topological polar surface area (TPSA) is 36.4 Å². The van der Waals surface area contributed by atoms with Crippen LogP contribution < -0.4 is 9.64 Å². The van der Waals surface area contributed by atoms with Crippen LogP contribution >= 0.6 is 12.2 Å². The Morgan fingerprint density at radius 2 is 1.74 bits per heavy atom. The molecule has 6 heteroatoms. The van der Waals surface area contributed by atoms with E-state index in [0.717, 1.165) is 34.3 Å². The minimum atomic E-state index is 0.657. The Morgan fingerprint density at radius 3 is 2.41 bits per heavy atom. The molecule has 1 fully saturated rings. The molecule has 0 atom stereocenters. The highest BCUT2D eigenvalue weighted by atomic mass is 32.1. The molecule has 1 saturated heterocycles. The Balaban J connectivity index is 1.77. The van der Waals surface area contributed by atoms with E-state index in [9.17, 15) is 0 Å². The largest absolute Gasteiger partial charge is 0.494 e. The van der Waals surface area contributed by atoms with Crippen molar-refractivity contribution in [2.24, 2.45) is 0 Å². The fraction of sp³-hybridized carbons (Fsp3) is 0.333. The van der Waals surface area contributed by atoms with Crippen molar-refractivity contribution >= 4 is 12.2 Å². The molecule has 5 nitrogen and oxygen atoms in total. The number of nitrogens with zero attached hydrogens (tertiary/aromatic N) is 3. The van der Waals surface area contributed by atoms with Crippen molar-refractivity contribution in [2.45, 2.75) is 26.4 Å². The number of hydrogen-bond acceptors (Lipinski definition) is 3. The number of benzene rings is 2. The first-order chi connectivity index (χ1) is 13.3. The van der Waals surface area contributed by atoms with E-state index in [1.165, 1.54) is 25.9 Å². The average molecular weight is 382 g/mol. The SMILES string of the molecule is CCOc1ccc(-n2c(-c3ccccc3)nn(C[NH+]3CCCC3)c2=S)cc1. The molecule has 0 spiro atoms. The number of hydrogen-bond donors (Lipinski definition) is 1. The molecule has 2 heterocycles. The second kappa shape index (κ2) is 8.06. The molecule has 27 heavy (non-hydrogen) atoms. The monoisotopic (exact) mass is 381 g/mol. The first-order valence-corrected chi connectivity index (χ1v) is 9.99. The minimum Gasteiger partial charge on any atom is -0.494 e. The first-order valence-electron chi connectivity index (χ1n) is 9.58. The molecule has 140 valence electrons. The van der Waals surface area contributed by atoms with Gasteiger partial charge < -0.3 is 9.64 Å². The zero-order valence-electron chi connectivity index (χ0n) is 15.6. The molecule has 1 aromatic heterocycles. The molecule has 0 unspecified atom stereocenters. The maximum Gasteiger partial charge on any atom is 0.207 e. The lowest BCUT2D eigenvalue weighted by atomic mass is 10.2. The van der Waals surface area contributed by atoms with Gasteiger partial charge in [-0.15, -0.1) is 5.10 Å². The number of quaternary nitrogens is 1. The summed E-state index contributed by atoms with van der Waals surface area (Å²) in [6.45, 7) is 5.85. The molecular formula is C21H25N4OS+. The van der Waals surface area contributed by atoms with Crippen molar-refractivity contribution in [1.82, 2.24) is 14.3 Å². The van der Waals surface area contributed by atoms with Crippen molar-refractivity contribution in [2.75, 3.05) is 19.7 Å². The van der Waals surface area contributed by atoms with Gasteiger partial charge in [0.2, 0.25) is 4.77 Å². The Labute approximate surface area is 164 Å². The van der Waals surface area contributed by atoms with Crippen LogP contribution in [0.1, 0.15) is 19.8 Å². The van der Waals surface area contributed by atoms with E-state index < -0.39 is 0 Å². The third kappa shape index (κ3) is 3.82. The van der Waals surface area contributed by atoms with E-state index in [0.29, 0.717) is 6.61 Å². The molecule has 0 saturated carbocycles. The number of aromatic nitrogens is 3. The van der Waals surface area contributed by atoms with Gasteiger partial charge >= 0.3 is 0 Å². The van der Waals surface area contributed by atoms with Gasteiger partial charge in [-0.3, -0.25) is 4.57 Å². The summed E-state index contributed by atoms with van der Waals surface area (Å²) in [5.41, 5.74) is 2.07. The fourth-order valence-corrected chi connectivity index (χ4v) is 3.92. The molecule has 0 amide bonds. The summed E-state index contributed by atoms with van der Waals surface area (Å²) in [5.74, 6) is 1.74. The van der Waals surface area contributed by atoms with Crippen LogP contribution in [0, 0.1) is 4.77 Å². The van der Waals surface area contributed by atoms with Crippen molar-refractivity contribution in [3.63, 3.8) is 0 Å². The maximum atomic E-state index is 5.83. The molecule has 0 radical (unpaired) electrons. The van der Waals surface area contributed by atoms with Gasteiger partial charge in [0, 0.05) is 18.4 Å². The molecule has 2 aromatic carbocycles. The van der Waals surface area contributed by atoms with E-state index in [2.05, 4.69) is 16.7 Å². The van der Waals surface area contributed by atoms with Gasteiger partial charge in [-0.05, 0) is 43.4 Å². The van der Waals surface area contributed by atoms with Crippen LogP contribution in [0.4, 0.5) is 0 Å². The Kier molecular flexibility index (Phi) is 5.36. The second-order valence-electron chi connectivity index (χ2n) is 6.85. The van der Waals surface area contributed by atoms with E-state index in [1.807, 2.05) is 54.1 Å². The van der Waals surface area contributed by atoms with Crippen LogP contribution in [-0.2, 0) is 6.67 Å². The summed E-state index contributed by atoms with van der Waals surface area (Å²) in [7, 11) is 0. The number of nitrogens with one attached hydrogen (secondary N) is 1. The Bertz CT molecular complexity index is 941. The third-order valence-electron chi connectivity index (χ3n) is 4.96. The van der Waals surface area contributed by atoms with Gasteiger partial charge in [-0.1, -0.05) is 30.3 Å². The summed E-state index contributed by atoms with van der Waals surface area (Å²) in [6.07, 6.45) is 2.57. The summed E-state index contributed by atoms with van der Waals surface area (Å²) in [6, 6.07) is 18.3. The predicted molar refractivity (Wildman–Crippen MR) is 109 cm³/mol. The summed E-state index contributed by atoms with van der Waals surface area (Å²) in [4.78, 5) is 1.54. The molecule has 1 aliphatic rings. The van der Waals surface area contributed by atoms with E-state index in [1.54, 1.807) is 4.90 Å². The maximum absolute atomic E-state index is 5.83. The van der Waals surface area contributed by atoms with Crippen LogP contribution in [0.5, 0.6) is 5.75 Å². The Hall–Kier alpha value is -2.44. The van der Waals surface area contributed by atoms with E-state index >= 15 is 0 Å². The highest BCUT2D eigenvalue weighted by molar-refractivity contribution is 7.71. The highest BCUT2D eigenvalue weighted by Crippen LogP contribution is 2.24. The number of likely N-dealkylation sites (tertiary alicyclic amines) is 1. The summed E-state index contributed by atoms with van der Waals surface area (Å²) in [5, 5.41) is 4.90. The molecule has 4 rings (SSSR count). The van der Waals surface area contributed by atoms with Crippen LogP contribution in [-0.4, -0.2) is 34.0 Å². The quantitative estimate of drug-likeness (QED) is 0.667. The predicted octanol–water partition coefficient (Wildman–Crippen LogP) is 3.11. The van der Waals surface area contributed by atoms with E-state index in [4.69, 9.17) is 22.1 Å². The van der Waals surface area contributed by atoms with Crippen molar-refractivity contribution < 1.29 is 9.64 Å². The lowest BCUT2D eigenvalue weighted by Gasteiger charge is -2.11. The number of ether oxygens (including phenoxy) is 1. The molecule has 1 aliphatic heterocycles. The van der Waals surface area contributed by atoms with E-state index in [-0.39, 0.29) is 0 Å². The van der Waals surface area contributed by atoms with Crippen molar-refractivity contribution in [3.8, 4) is 22.8 Å². The number of rotatable bonds is 6. The smallest absolute Gasteiger partial charge is 0.207 e. The lowest BCUT2D eigenvalue weighted by molar-refractivity contribution is -0.911. The summed E-state index contributed by atoms with van der Waals surface area (Å²) >= 11 is 5.83. The second-order valence-corrected chi connectivity index (χ2v) is 7.21. The molecule has 0 bridgehead atoms. The van der Waals surface area contributed by atoms with Crippen molar-refractivity contribution in [3.05, 3.63) is 59.4 Å².